The average molecular weight is 297 g/mol. The molecule has 0 aliphatic carbocycles. The maximum absolute atomic E-state index is 11.3. The van der Waals surface area contributed by atoms with Gasteiger partial charge in [0.1, 0.15) is 5.69 Å². The Balaban J connectivity index is 2.03. The van der Waals surface area contributed by atoms with Crippen LogP contribution in [-0.2, 0) is 0 Å². The Morgan fingerprint density at radius 3 is 2.32 bits per heavy atom. The van der Waals surface area contributed by atoms with Gasteiger partial charge in [0.25, 0.3) is 5.89 Å². The number of hydrogen-bond donors (Lipinski definition) is 2. The first kappa shape index (κ1) is 14.1. The molecule has 0 bridgehead atoms. The van der Waals surface area contributed by atoms with Gasteiger partial charge in [0.2, 0.25) is 5.89 Å². The number of H-pyrrole nitrogens is 1. The molecule has 0 saturated carbocycles. The summed E-state index contributed by atoms with van der Waals surface area (Å²) in [5, 5.41) is 17.3. The molecule has 0 spiro atoms. The standard InChI is InChI=1S/C16H15N3O3/c1-8-4-6-11(7-5-8)14-18-19-15(22-14)13-9(2)12(16(20)21)10(3)17-13/h4-7,17H,1-3H3,(H,20,21). The molecule has 6 nitrogen and oxygen atoms in total. The van der Waals surface area contributed by atoms with E-state index >= 15 is 0 Å². The molecule has 112 valence electrons. The maximum Gasteiger partial charge on any atom is 0.337 e. The van der Waals surface area contributed by atoms with Gasteiger partial charge in [-0.1, -0.05) is 17.7 Å². The number of carboxylic acid groups (broad SMARTS) is 1. The van der Waals surface area contributed by atoms with Crippen LogP contribution in [0.5, 0.6) is 0 Å². The minimum atomic E-state index is -0.976. The highest BCUT2D eigenvalue weighted by atomic mass is 16.4. The van der Waals surface area contributed by atoms with Gasteiger partial charge in [0.15, 0.2) is 0 Å². The van der Waals surface area contributed by atoms with E-state index in [2.05, 4.69) is 15.2 Å². The number of aromatic nitrogens is 3. The SMILES string of the molecule is Cc1ccc(-c2nnc(-c3[nH]c(C)c(C(=O)O)c3C)o2)cc1. The van der Waals surface area contributed by atoms with E-state index in [1.165, 1.54) is 0 Å². The quantitative estimate of drug-likeness (QED) is 0.773. The van der Waals surface area contributed by atoms with E-state index in [0.29, 0.717) is 22.8 Å². The number of aryl methyl sites for hydroxylation is 2. The molecule has 1 aromatic carbocycles. The van der Waals surface area contributed by atoms with Crippen molar-refractivity contribution < 1.29 is 14.3 Å². The second-order valence-corrected chi connectivity index (χ2v) is 5.21. The molecule has 3 rings (SSSR count). The van der Waals surface area contributed by atoms with Crippen molar-refractivity contribution in [3.63, 3.8) is 0 Å². The van der Waals surface area contributed by atoms with Crippen molar-refractivity contribution in [2.75, 3.05) is 0 Å². The number of carbonyl (C=O) groups is 1. The number of benzene rings is 1. The van der Waals surface area contributed by atoms with E-state index in [1.807, 2.05) is 31.2 Å². The predicted molar refractivity (Wildman–Crippen MR) is 80.7 cm³/mol. The minimum absolute atomic E-state index is 0.241. The van der Waals surface area contributed by atoms with E-state index in [9.17, 15) is 9.90 Å². The molecule has 2 N–H and O–H groups in total. The lowest BCUT2D eigenvalue weighted by Gasteiger charge is -1.96. The summed E-state index contributed by atoms with van der Waals surface area (Å²) in [5.74, 6) is -0.294. The van der Waals surface area contributed by atoms with Crippen LogP contribution in [0.25, 0.3) is 23.0 Å². The molecule has 3 aromatic rings. The smallest absolute Gasteiger partial charge is 0.337 e. The second-order valence-electron chi connectivity index (χ2n) is 5.21. The summed E-state index contributed by atoms with van der Waals surface area (Å²) >= 11 is 0. The number of hydrogen-bond acceptors (Lipinski definition) is 4. The summed E-state index contributed by atoms with van der Waals surface area (Å²) in [6.45, 7) is 5.43. The third kappa shape index (κ3) is 2.28. The van der Waals surface area contributed by atoms with Crippen LogP contribution in [-0.4, -0.2) is 26.3 Å². The van der Waals surface area contributed by atoms with Crippen LogP contribution in [0.1, 0.15) is 27.2 Å². The molecule has 0 saturated heterocycles. The van der Waals surface area contributed by atoms with Crippen molar-refractivity contribution in [1.82, 2.24) is 15.2 Å². The van der Waals surface area contributed by atoms with E-state index < -0.39 is 5.97 Å². The molecule has 0 amide bonds. The largest absolute Gasteiger partial charge is 0.478 e. The number of nitrogens with zero attached hydrogens (tertiary/aromatic N) is 2. The number of carboxylic acids is 1. The summed E-state index contributed by atoms with van der Waals surface area (Å²) in [4.78, 5) is 14.3. The average Bonchev–Trinajstić information content (AvgIpc) is 3.04. The summed E-state index contributed by atoms with van der Waals surface area (Å²) < 4.78 is 5.68. The molecule has 2 aromatic heterocycles. The third-order valence-electron chi connectivity index (χ3n) is 3.59. The van der Waals surface area contributed by atoms with Gasteiger partial charge in [0.05, 0.1) is 5.56 Å². The van der Waals surface area contributed by atoms with E-state index in [0.717, 1.165) is 11.1 Å². The topological polar surface area (TPSA) is 92.0 Å². The lowest BCUT2D eigenvalue weighted by atomic mass is 10.1. The molecular weight excluding hydrogens is 282 g/mol. The predicted octanol–water partition coefficient (Wildman–Crippen LogP) is 3.36. The summed E-state index contributed by atoms with van der Waals surface area (Å²) in [6, 6.07) is 7.74. The molecule has 0 atom stereocenters. The fourth-order valence-corrected chi connectivity index (χ4v) is 2.42. The van der Waals surface area contributed by atoms with Gasteiger partial charge >= 0.3 is 5.97 Å². The van der Waals surface area contributed by atoms with Gasteiger partial charge in [-0.3, -0.25) is 0 Å². The Labute approximate surface area is 126 Å². The van der Waals surface area contributed by atoms with Crippen LogP contribution >= 0.6 is 0 Å². The monoisotopic (exact) mass is 297 g/mol. The Morgan fingerprint density at radius 2 is 1.73 bits per heavy atom. The highest BCUT2D eigenvalue weighted by molar-refractivity contribution is 5.93. The third-order valence-corrected chi connectivity index (χ3v) is 3.59. The fourth-order valence-electron chi connectivity index (χ4n) is 2.42. The first-order chi connectivity index (χ1) is 10.5. The molecule has 2 heterocycles. The maximum atomic E-state index is 11.3. The van der Waals surface area contributed by atoms with E-state index in [1.54, 1.807) is 13.8 Å². The van der Waals surface area contributed by atoms with Crippen LogP contribution in [0.4, 0.5) is 0 Å². The van der Waals surface area contributed by atoms with Gasteiger partial charge in [-0.2, -0.15) is 0 Å². The molecule has 0 aliphatic heterocycles. The molecular formula is C16H15N3O3. The van der Waals surface area contributed by atoms with Crippen LogP contribution in [0.3, 0.4) is 0 Å². The van der Waals surface area contributed by atoms with E-state index in [-0.39, 0.29) is 11.5 Å². The van der Waals surface area contributed by atoms with Gasteiger partial charge < -0.3 is 14.5 Å². The minimum Gasteiger partial charge on any atom is -0.478 e. The first-order valence-corrected chi connectivity index (χ1v) is 6.80. The number of nitrogens with one attached hydrogen (secondary N) is 1. The lowest BCUT2D eigenvalue weighted by molar-refractivity contribution is 0.0695. The van der Waals surface area contributed by atoms with Gasteiger partial charge in [-0.05, 0) is 38.5 Å². The summed E-state index contributed by atoms with van der Waals surface area (Å²) in [6.07, 6.45) is 0. The van der Waals surface area contributed by atoms with Crippen molar-refractivity contribution >= 4 is 5.97 Å². The lowest BCUT2D eigenvalue weighted by Crippen LogP contribution is -1.98. The second kappa shape index (κ2) is 5.14. The number of aromatic carboxylic acids is 1. The molecule has 0 aliphatic rings. The van der Waals surface area contributed by atoms with Crippen molar-refractivity contribution in [2.24, 2.45) is 0 Å². The fraction of sp³-hybridized carbons (Fsp3) is 0.188. The Bertz CT molecular complexity index is 844. The highest BCUT2D eigenvalue weighted by Gasteiger charge is 2.21. The summed E-state index contributed by atoms with van der Waals surface area (Å²) in [5.41, 5.74) is 3.90. The molecule has 0 radical (unpaired) electrons. The summed E-state index contributed by atoms with van der Waals surface area (Å²) in [7, 11) is 0. The van der Waals surface area contributed by atoms with Crippen molar-refractivity contribution in [3.05, 3.63) is 46.6 Å². The van der Waals surface area contributed by atoms with E-state index in [4.69, 9.17) is 4.42 Å². The molecule has 0 unspecified atom stereocenters. The zero-order valence-corrected chi connectivity index (χ0v) is 12.5. The van der Waals surface area contributed by atoms with Crippen LogP contribution in [0, 0.1) is 20.8 Å². The van der Waals surface area contributed by atoms with Gasteiger partial charge in [-0.15, -0.1) is 10.2 Å². The van der Waals surface area contributed by atoms with Crippen LogP contribution in [0.15, 0.2) is 28.7 Å². The first-order valence-electron chi connectivity index (χ1n) is 6.80. The molecule has 0 fully saturated rings. The highest BCUT2D eigenvalue weighted by Crippen LogP contribution is 2.29. The van der Waals surface area contributed by atoms with Gasteiger partial charge in [-0.25, -0.2) is 4.79 Å². The Hall–Kier alpha value is -2.89. The van der Waals surface area contributed by atoms with Crippen LogP contribution in [0.2, 0.25) is 0 Å². The van der Waals surface area contributed by atoms with Crippen molar-refractivity contribution in [3.8, 4) is 23.0 Å². The Kier molecular flexibility index (Phi) is 3.29. The number of rotatable bonds is 3. The van der Waals surface area contributed by atoms with Crippen LogP contribution < -0.4 is 0 Å². The van der Waals surface area contributed by atoms with Crippen molar-refractivity contribution in [1.29, 1.82) is 0 Å². The zero-order chi connectivity index (χ0) is 15.9. The normalized spacial score (nSPS) is 10.9. The van der Waals surface area contributed by atoms with Gasteiger partial charge in [0, 0.05) is 11.3 Å². The zero-order valence-electron chi connectivity index (χ0n) is 12.5. The molecule has 22 heavy (non-hydrogen) atoms. The molecule has 6 heteroatoms. The van der Waals surface area contributed by atoms with Crippen molar-refractivity contribution in [2.45, 2.75) is 20.8 Å². The number of aromatic amines is 1. The Morgan fingerprint density at radius 1 is 1.09 bits per heavy atom.